The second-order valence-electron chi connectivity index (χ2n) is 11.3. The lowest BCUT2D eigenvalue weighted by molar-refractivity contribution is -0.0333. The van der Waals surface area contributed by atoms with Crippen LogP contribution in [0.5, 0.6) is 0 Å². The van der Waals surface area contributed by atoms with Crippen molar-refractivity contribution in [3.8, 4) is 0 Å². The fourth-order valence-corrected chi connectivity index (χ4v) is 8.06. The van der Waals surface area contributed by atoms with Crippen LogP contribution in [0.25, 0.3) is 11.2 Å². The van der Waals surface area contributed by atoms with Crippen LogP contribution in [0.3, 0.4) is 0 Å². The molecule has 4 fully saturated rings. The molecule has 0 spiro atoms. The van der Waals surface area contributed by atoms with Crippen molar-refractivity contribution in [2.75, 3.05) is 0 Å². The third kappa shape index (κ3) is 3.89. The number of fused-ring (bicyclic) bond motifs is 1. The summed E-state index contributed by atoms with van der Waals surface area (Å²) >= 11 is 0. The zero-order valence-corrected chi connectivity index (χ0v) is 22.5. The number of aromatic nitrogens is 4. The van der Waals surface area contributed by atoms with Gasteiger partial charge in [-0.25, -0.2) is 9.78 Å². The molecule has 2 aromatic heterocycles. The highest BCUT2D eigenvalue weighted by Gasteiger charge is 2.65. The molecule has 7 rings (SSSR count). The monoisotopic (exact) mass is 542 g/mol. The third-order valence-electron chi connectivity index (χ3n) is 8.96. The summed E-state index contributed by atoms with van der Waals surface area (Å²) in [5.41, 5.74) is 0.918. The number of nitrogens with one attached hydrogen (secondary N) is 1. The first-order valence-electron chi connectivity index (χ1n) is 13.6. The standard InChI is InChI=1S/C27H34N4O6S/c1-3-9-30-23-21(24(32)31(10-4-2)26(30)33)28-25(29-23)27-13-17-11-18(14-27)22(20(27)12-17)37-15-16-5-7-19(8-6-16)38(34,35)36/h5-8,17-18,20,22H,3-4,9-15H2,1-2H3,(H,28,29)(H,34,35,36)/t17?,18?,20?,22-,27?/m0/s1. The molecule has 10 nitrogen and oxygen atoms in total. The maximum Gasteiger partial charge on any atom is 0.332 e. The fraction of sp³-hybridized carbons (Fsp3) is 0.593. The minimum atomic E-state index is -4.23. The molecular formula is C27H34N4O6S. The van der Waals surface area contributed by atoms with Crippen LogP contribution in [0.15, 0.2) is 38.8 Å². The molecule has 2 N–H and O–H groups in total. The molecule has 1 aromatic carbocycles. The predicted octanol–water partition coefficient (Wildman–Crippen LogP) is 3.23. The van der Waals surface area contributed by atoms with E-state index in [0.29, 0.717) is 49.1 Å². The van der Waals surface area contributed by atoms with Gasteiger partial charge in [-0.15, -0.1) is 0 Å². The van der Waals surface area contributed by atoms with E-state index in [1.165, 1.54) is 16.7 Å². The fourth-order valence-electron chi connectivity index (χ4n) is 7.58. The van der Waals surface area contributed by atoms with Gasteiger partial charge in [0.2, 0.25) is 0 Å². The first-order valence-corrected chi connectivity index (χ1v) is 15.0. The second-order valence-corrected chi connectivity index (χ2v) is 12.8. The van der Waals surface area contributed by atoms with Crippen molar-refractivity contribution < 1.29 is 17.7 Å². The summed E-state index contributed by atoms with van der Waals surface area (Å²) in [6, 6.07) is 6.10. The summed E-state index contributed by atoms with van der Waals surface area (Å²) in [6.45, 7) is 5.20. The lowest BCUT2D eigenvalue weighted by Crippen LogP contribution is -2.40. The maximum atomic E-state index is 13.3. The molecule has 0 aliphatic heterocycles. The number of H-pyrrole nitrogens is 1. The Balaban J connectivity index is 1.32. The van der Waals surface area contributed by atoms with Crippen LogP contribution in [0.4, 0.5) is 0 Å². The van der Waals surface area contributed by atoms with Gasteiger partial charge in [-0.2, -0.15) is 8.42 Å². The Morgan fingerprint density at radius 3 is 2.47 bits per heavy atom. The Morgan fingerprint density at radius 2 is 1.79 bits per heavy atom. The van der Waals surface area contributed by atoms with Gasteiger partial charge in [0.05, 0.1) is 17.6 Å². The van der Waals surface area contributed by atoms with Gasteiger partial charge < -0.3 is 9.72 Å². The van der Waals surface area contributed by atoms with Crippen molar-refractivity contribution in [2.45, 2.75) is 88.5 Å². The van der Waals surface area contributed by atoms with Crippen molar-refractivity contribution in [3.05, 3.63) is 56.5 Å². The molecule has 4 saturated carbocycles. The topological polar surface area (TPSA) is 136 Å². The number of rotatable bonds is 9. The molecule has 4 bridgehead atoms. The number of hydrogen-bond acceptors (Lipinski definition) is 6. The van der Waals surface area contributed by atoms with Crippen LogP contribution in [0.1, 0.15) is 63.8 Å². The molecule has 0 amide bonds. The minimum absolute atomic E-state index is 0.0396. The Labute approximate surface area is 220 Å². The zero-order valence-electron chi connectivity index (χ0n) is 21.7. The number of ether oxygens (including phenoxy) is 1. The van der Waals surface area contributed by atoms with Crippen molar-refractivity contribution in [2.24, 2.45) is 17.8 Å². The van der Waals surface area contributed by atoms with E-state index in [-0.39, 0.29) is 33.6 Å². The van der Waals surface area contributed by atoms with Gasteiger partial charge in [-0.3, -0.25) is 18.5 Å². The van der Waals surface area contributed by atoms with Gasteiger partial charge >= 0.3 is 5.69 Å². The van der Waals surface area contributed by atoms with E-state index in [9.17, 15) is 22.6 Å². The van der Waals surface area contributed by atoms with Gasteiger partial charge in [0.25, 0.3) is 15.7 Å². The van der Waals surface area contributed by atoms with E-state index >= 15 is 0 Å². The molecule has 4 unspecified atom stereocenters. The summed E-state index contributed by atoms with van der Waals surface area (Å²) in [7, 11) is -4.23. The number of aromatic amines is 1. The molecule has 5 atom stereocenters. The van der Waals surface area contributed by atoms with Crippen LogP contribution >= 0.6 is 0 Å². The highest BCUT2D eigenvalue weighted by atomic mass is 32.2. The highest BCUT2D eigenvalue weighted by Crippen LogP contribution is 2.66. The minimum Gasteiger partial charge on any atom is -0.373 e. The Bertz CT molecular complexity index is 1610. The van der Waals surface area contributed by atoms with E-state index in [1.54, 1.807) is 16.7 Å². The van der Waals surface area contributed by atoms with Crippen molar-refractivity contribution in [1.82, 2.24) is 19.1 Å². The first kappa shape index (κ1) is 25.5. The number of imidazole rings is 1. The number of benzene rings is 1. The van der Waals surface area contributed by atoms with Gasteiger partial charge in [0.1, 0.15) is 11.3 Å². The van der Waals surface area contributed by atoms with Crippen molar-refractivity contribution in [1.29, 1.82) is 0 Å². The van der Waals surface area contributed by atoms with E-state index in [1.807, 2.05) is 13.8 Å². The van der Waals surface area contributed by atoms with E-state index in [0.717, 1.165) is 43.5 Å². The smallest absolute Gasteiger partial charge is 0.332 e. The average molecular weight is 543 g/mol. The van der Waals surface area contributed by atoms with Crippen LogP contribution in [-0.4, -0.2) is 38.2 Å². The summed E-state index contributed by atoms with van der Waals surface area (Å²) in [5.74, 6) is 2.04. The second kappa shape index (κ2) is 9.17. The SMILES string of the molecule is CCCn1c(=O)c2[nH]c(C34CC5CC(C3)[C@H](OCc3ccc(S(=O)(=O)O)cc3)C4C5)nc2n(CCC)c1=O. The quantitative estimate of drug-likeness (QED) is 0.396. The highest BCUT2D eigenvalue weighted by molar-refractivity contribution is 7.85. The molecule has 3 aromatic rings. The lowest BCUT2D eigenvalue weighted by Gasteiger charge is -2.32. The molecule has 0 saturated heterocycles. The van der Waals surface area contributed by atoms with Crippen molar-refractivity contribution >= 4 is 21.3 Å². The number of hydrogen-bond donors (Lipinski definition) is 2. The van der Waals surface area contributed by atoms with E-state index < -0.39 is 10.1 Å². The largest absolute Gasteiger partial charge is 0.373 e. The summed E-state index contributed by atoms with van der Waals surface area (Å²) in [5, 5.41) is 0. The van der Waals surface area contributed by atoms with Gasteiger partial charge in [-0.05, 0) is 74.0 Å². The van der Waals surface area contributed by atoms with E-state index in [2.05, 4.69) is 4.98 Å². The number of nitrogens with zero attached hydrogens (tertiary/aromatic N) is 3. The lowest BCUT2D eigenvalue weighted by atomic mass is 9.75. The van der Waals surface area contributed by atoms with Crippen LogP contribution in [0.2, 0.25) is 0 Å². The van der Waals surface area contributed by atoms with Crippen LogP contribution < -0.4 is 11.2 Å². The molecule has 4 aliphatic carbocycles. The van der Waals surface area contributed by atoms with Gasteiger partial charge in [0.15, 0.2) is 5.65 Å². The predicted molar refractivity (Wildman–Crippen MR) is 141 cm³/mol. The Kier molecular flexibility index (Phi) is 6.16. The Morgan fingerprint density at radius 1 is 1.08 bits per heavy atom. The molecule has 204 valence electrons. The van der Waals surface area contributed by atoms with Crippen LogP contribution in [-0.2, 0) is 40.0 Å². The first-order chi connectivity index (χ1) is 18.2. The third-order valence-corrected chi connectivity index (χ3v) is 9.83. The molecular weight excluding hydrogens is 508 g/mol. The van der Waals surface area contributed by atoms with Gasteiger partial charge in [-0.1, -0.05) is 26.0 Å². The summed E-state index contributed by atoms with van der Waals surface area (Å²) < 4.78 is 41.4. The normalized spacial score (nSPS) is 28.1. The molecule has 0 radical (unpaired) electrons. The molecule has 11 heteroatoms. The molecule has 4 aliphatic rings. The molecule has 38 heavy (non-hydrogen) atoms. The molecule has 2 heterocycles. The van der Waals surface area contributed by atoms with Crippen molar-refractivity contribution in [3.63, 3.8) is 0 Å². The average Bonchev–Trinajstić information content (AvgIpc) is 3.50. The zero-order chi connectivity index (χ0) is 26.8. The van der Waals surface area contributed by atoms with Gasteiger partial charge in [0, 0.05) is 18.5 Å². The van der Waals surface area contributed by atoms with Crippen LogP contribution in [0, 0.1) is 17.8 Å². The maximum absolute atomic E-state index is 13.3. The number of aryl methyl sites for hydroxylation is 1. The Hall–Kier alpha value is -2.76. The summed E-state index contributed by atoms with van der Waals surface area (Å²) in [6.07, 6.45) is 5.58. The van der Waals surface area contributed by atoms with E-state index in [4.69, 9.17) is 9.72 Å². The summed E-state index contributed by atoms with van der Waals surface area (Å²) in [4.78, 5) is 34.7.